The number of methoxy groups -OCH3 is 1. The van der Waals surface area contributed by atoms with Gasteiger partial charge in [-0.05, 0) is 12.8 Å². The molecule has 3 nitrogen and oxygen atoms in total. The monoisotopic (exact) mass is 324 g/mol. The fraction of sp³-hybridized carbons (Fsp3) is 0.650. The molecule has 0 atom stereocenters. The Morgan fingerprint density at radius 2 is 1.30 bits per heavy atom. The minimum absolute atomic E-state index is 0.258. The molecule has 0 heterocycles. The molecule has 0 saturated carbocycles. The number of carbonyl (C=O) groups excluding carboxylic acids is 1. The van der Waals surface area contributed by atoms with Crippen LogP contribution < -0.4 is 0 Å². The van der Waals surface area contributed by atoms with E-state index in [2.05, 4.69) is 36.1 Å². The average molecular weight is 325 g/mol. The molecule has 0 N–H and O–H groups in total. The highest BCUT2D eigenvalue weighted by Gasteiger charge is 2.05. The molecule has 0 amide bonds. The van der Waals surface area contributed by atoms with Crippen LogP contribution in [0.2, 0.25) is 0 Å². The van der Waals surface area contributed by atoms with E-state index in [1.54, 1.807) is 0 Å². The van der Waals surface area contributed by atoms with Gasteiger partial charge < -0.3 is 9.47 Å². The second kappa shape index (κ2) is 20.5. The summed E-state index contributed by atoms with van der Waals surface area (Å²) in [5.41, 5.74) is 0.608. The lowest BCUT2D eigenvalue weighted by Crippen LogP contribution is -2.03. The lowest BCUT2D eigenvalue weighted by Gasteiger charge is -2.04. The van der Waals surface area contributed by atoms with Crippen LogP contribution in [0.4, 0.5) is 0 Å². The van der Waals surface area contributed by atoms with Crippen LogP contribution in [0.5, 0.6) is 0 Å². The van der Waals surface area contributed by atoms with Gasteiger partial charge in [0.2, 0.25) is 0 Å². The number of esters is 1. The summed E-state index contributed by atoms with van der Waals surface area (Å²) in [5.74, 6) is -0.258. The number of hydrogen-bond donors (Lipinski definition) is 0. The zero-order valence-electron chi connectivity index (χ0n) is 15.3. The molecule has 0 bridgehead atoms. The van der Waals surface area contributed by atoms with E-state index in [0.717, 1.165) is 12.8 Å². The smallest absolute Gasteiger partial charge is 0.333 e. The summed E-state index contributed by atoms with van der Waals surface area (Å²) >= 11 is 0. The van der Waals surface area contributed by atoms with E-state index in [0.29, 0.717) is 5.57 Å². The zero-order valence-corrected chi connectivity index (χ0v) is 15.3. The summed E-state index contributed by atoms with van der Waals surface area (Å²) < 4.78 is 8.98. The van der Waals surface area contributed by atoms with Gasteiger partial charge >= 0.3 is 5.97 Å². The predicted octanol–water partition coefficient (Wildman–Crippen LogP) is 6.32. The van der Waals surface area contributed by atoms with Gasteiger partial charge in [0.15, 0.2) is 0 Å². The summed E-state index contributed by atoms with van der Waals surface area (Å²) in [7, 11) is 1.41. The lowest BCUT2D eigenvalue weighted by atomic mass is 10.0. The van der Waals surface area contributed by atoms with Gasteiger partial charge in [-0.15, -0.1) is 0 Å². The van der Waals surface area contributed by atoms with Gasteiger partial charge in [-0.3, -0.25) is 0 Å². The maximum atomic E-state index is 11.1. The van der Waals surface area contributed by atoms with Crippen molar-refractivity contribution in [3.63, 3.8) is 0 Å². The Bertz CT molecular complexity index is 302. The maximum Gasteiger partial charge on any atom is 0.333 e. The molecule has 0 radical (unpaired) electrons. The van der Waals surface area contributed by atoms with Crippen molar-refractivity contribution in [3.05, 3.63) is 37.8 Å². The third-order valence-electron chi connectivity index (χ3n) is 3.50. The van der Waals surface area contributed by atoms with Crippen molar-refractivity contribution in [3.8, 4) is 0 Å². The number of ether oxygens (including phenoxy) is 2. The fourth-order valence-corrected chi connectivity index (χ4v) is 2.14. The second-order valence-corrected chi connectivity index (χ2v) is 5.50. The fourth-order valence-electron chi connectivity index (χ4n) is 2.14. The largest absolute Gasteiger partial charge is 0.474 e. The standard InChI is InChI=1S/C16H30O2.C4H6O/c1-4-5-6-7-8-9-10-11-12-13-14-15(2)16(17)18-3;1-3-5-4-2/h2,4-14H2,1,3H3;3-4H,1-2H2. The van der Waals surface area contributed by atoms with Crippen LogP contribution in [0, 0.1) is 0 Å². The highest BCUT2D eigenvalue weighted by molar-refractivity contribution is 5.87. The van der Waals surface area contributed by atoms with Crippen molar-refractivity contribution in [1.82, 2.24) is 0 Å². The molecule has 0 fully saturated rings. The lowest BCUT2D eigenvalue weighted by molar-refractivity contribution is -0.136. The Hall–Kier alpha value is -1.51. The molecular formula is C20H36O3. The van der Waals surface area contributed by atoms with Crippen LogP contribution in [-0.4, -0.2) is 13.1 Å². The van der Waals surface area contributed by atoms with Crippen LogP contribution in [0.15, 0.2) is 37.8 Å². The molecule has 0 aliphatic carbocycles. The second-order valence-electron chi connectivity index (χ2n) is 5.50. The Morgan fingerprint density at radius 3 is 1.65 bits per heavy atom. The number of carbonyl (C=O) groups is 1. The molecule has 3 heteroatoms. The number of unbranched alkanes of at least 4 members (excludes halogenated alkanes) is 9. The van der Waals surface area contributed by atoms with E-state index < -0.39 is 0 Å². The van der Waals surface area contributed by atoms with Crippen molar-refractivity contribution < 1.29 is 14.3 Å². The van der Waals surface area contributed by atoms with Gasteiger partial charge in [-0.1, -0.05) is 84.4 Å². The highest BCUT2D eigenvalue weighted by Crippen LogP contribution is 2.13. The topological polar surface area (TPSA) is 35.5 Å². The van der Waals surface area contributed by atoms with Crippen molar-refractivity contribution >= 4 is 5.97 Å². The molecular weight excluding hydrogens is 288 g/mol. The molecule has 0 aromatic carbocycles. The Balaban J connectivity index is 0. The molecule has 0 rings (SSSR count). The first-order valence-corrected chi connectivity index (χ1v) is 8.77. The molecule has 23 heavy (non-hydrogen) atoms. The van der Waals surface area contributed by atoms with Crippen LogP contribution in [0.1, 0.15) is 77.6 Å². The SMILES string of the molecule is C=C(CCCCCCCCCCCC)C(=O)OC.C=COC=C. The van der Waals surface area contributed by atoms with E-state index in [9.17, 15) is 4.79 Å². The minimum Gasteiger partial charge on any atom is -0.474 e. The number of rotatable bonds is 14. The third kappa shape index (κ3) is 20.5. The number of hydrogen-bond acceptors (Lipinski definition) is 3. The Kier molecular flexibility index (Phi) is 21.2. The first-order valence-electron chi connectivity index (χ1n) is 8.77. The van der Waals surface area contributed by atoms with Crippen LogP contribution >= 0.6 is 0 Å². The molecule has 0 aliphatic heterocycles. The molecule has 0 aliphatic rings. The predicted molar refractivity (Wildman–Crippen MR) is 99.1 cm³/mol. The van der Waals surface area contributed by atoms with E-state index in [1.807, 2.05) is 0 Å². The van der Waals surface area contributed by atoms with Crippen LogP contribution in [0.3, 0.4) is 0 Å². The first-order chi connectivity index (χ1) is 11.1. The molecule has 0 aromatic heterocycles. The Labute approximate surface area is 143 Å². The van der Waals surface area contributed by atoms with Gasteiger partial charge in [-0.25, -0.2) is 4.79 Å². The molecule has 0 spiro atoms. The van der Waals surface area contributed by atoms with Gasteiger partial charge in [0.05, 0.1) is 19.6 Å². The molecule has 134 valence electrons. The Morgan fingerprint density at radius 1 is 0.870 bits per heavy atom. The van der Waals surface area contributed by atoms with Crippen molar-refractivity contribution in [1.29, 1.82) is 0 Å². The van der Waals surface area contributed by atoms with Gasteiger partial charge in [0.25, 0.3) is 0 Å². The maximum absolute atomic E-state index is 11.1. The normalized spacial score (nSPS) is 9.30. The van der Waals surface area contributed by atoms with Crippen molar-refractivity contribution in [2.75, 3.05) is 7.11 Å². The van der Waals surface area contributed by atoms with E-state index in [-0.39, 0.29) is 5.97 Å². The van der Waals surface area contributed by atoms with Gasteiger partial charge in [0.1, 0.15) is 0 Å². The summed E-state index contributed by atoms with van der Waals surface area (Å²) in [6, 6.07) is 0. The van der Waals surface area contributed by atoms with E-state index in [1.165, 1.54) is 77.4 Å². The molecule has 0 unspecified atom stereocenters. The zero-order chi connectivity index (χ0) is 17.8. The van der Waals surface area contributed by atoms with Crippen molar-refractivity contribution in [2.45, 2.75) is 77.6 Å². The quantitative estimate of drug-likeness (QED) is 0.162. The molecule has 0 saturated heterocycles. The first kappa shape index (κ1) is 23.8. The summed E-state index contributed by atoms with van der Waals surface area (Å²) in [4.78, 5) is 11.1. The summed E-state index contributed by atoms with van der Waals surface area (Å²) in [6.07, 6.45) is 16.5. The van der Waals surface area contributed by atoms with Crippen LogP contribution in [-0.2, 0) is 14.3 Å². The minimum atomic E-state index is -0.258. The average Bonchev–Trinajstić information content (AvgIpc) is 2.57. The summed E-state index contributed by atoms with van der Waals surface area (Å²) in [6.45, 7) is 12.5. The summed E-state index contributed by atoms with van der Waals surface area (Å²) in [5, 5.41) is 0. The van der Waals surface area contributed by atoms with Crippen molar-refractivity contribution in [2.24, 2.45) is 0 Å². The van der Waals surface area contributed by atoms with Crippen LogP contribution in [0.25, 0.3) is 0 Å². The van der Waals surface area contributed by atoms with E-state index in [4.69, 9.17) is 0 Å². The highest BCUT2D eigenvalue weighted by atomic mass is 16.5. The third-order valence-corrected chi connectivity index (χ3v) is 3.50. The van der Waals surface area contributed by atoms with Gasteiger partial charge in [-0.2, -0.15) is 0 Å². The van der Waals surface area contributed by atoms with E-state index >= 15 is 0 Å². The van der Waals surface area contributed by atoms with Gasteiger partial charge in [0, 0.05) is 5.57 Å². The molecule has 0 aromatic rings.